The molecule has 0 atom stereocenters. The Morgan fingerprint density at radius 2 is 2.06 bits per heavy atom. The minimum absolute atomic E-state index is 0.166. The van der Waals surface area contributed by atoms with Crippen LogP contribution in [0.2, 0.25) is 0 Å². The zero-order valence-corrected chi connectivity index (χ0v) is 8.97. The Labute approximate surface area is 92.6 Å². The summed E-state index contributed by atoms with van der Waals surface area (Å²) in [6.07, 6.45) is 4.97. The molecule has 0 aliphatic rings. The van der Waals surface area contributed by atoms with Crippen molar-refractivity contribution in [3.8, 4) is 11.6 Å². The fourth-order valence-electron chi connectivity index (χ4n) is 1.42. The molecule has 0 saturated heterocycles. The van der Waals surface area contributed by atoms with E-state index in [1.54, 1.807) is 18.5 Å². The monoisotopic (exact) mass is 216 g/mol. The molecule has 2 heterocycles. The lowest BCUT2D eigenvalue weighted by atomic mass is 10.2. The second-order valence-corrected chi connectivity index (χ2v) is 3.41. The summed E-state index contributed by atoms with van der Waals surface area (Å²) >= 11 is 0. The van der Waals surface area contributed by atoms with Gasteiger partial charge in [-0.3, -0.25) is 4.79 Å². The molecular weight excluding hydrogens is 204 g/mol. The molecule has 0 radical (unpaired) electrons. The van der Waals surface area contributed by atoms with Crippen LogP contribution in [0.25, 0.3) is 11.6 Å². The van der Waals surface area contributed by atoms with Gasteiger partial charge < -0.3 is 4.98 Å². The predicted octanol–water partition coefficient (Wildman–Crippen LogP) is 1.18. The summed E-state index contributed by atoms with van der Waals surface area (Å²) in [6, 6.07) is 3.23. The summed E-state index contributed by atoms with van der Waals surface area (Å²) in [6.45, 7) is 2.04. The Bertz CT molecular complexity index is 521. The fourth-order valence-corrected chi connectivity index (χ4v) is 1.42. The third-order valence-corrected chi connectivity index (χ3v) is 2.08. The first-order valence-electron chi connectivity index (χ1n) is 5.17. The van der Waals surface area contributed by atoms with Crippen LogP contribution in [0, 0.1) is 0 Å². The van der Waals surface area contributed by atoms with Gasteiger partial charge in [-0.25, -0.2) is 15.0 Å². The maximum Gasteiger partial charge on any atom is 0.251 e. The van der Waals surface area contributed by atoms with Crippen molar-refractivity contribution in [3.63, 3.8) is 0 Å². The van der Waals surface area contributed by atoms with Crippen molar-refractivity contribution < 1.29 is 0 Å². The van der Waals surface area contributed by atoms with Gasteiger partial charge in [-0.05, 0) is 12.5 Å². The normalized spacial score (nSPS) is 10.3. The average molecular weight is 216 g/mol. The van der Waals surface area contributed by atoms with E-state index in [1.165, 1.54) is 6.07 Å². The largest absolute Gasteiger partial charge is 0.304 e. The molecule has 5 nitrogen and oxygen atoms in total. The van der Waals surface area contributed by atoms with E-state index in [0.29, 0.717) is 11.6 Å². The van der Waals surface area contributed by atoms with E-state index in [4.69, 9.17) is 0 Å². The van der Waals surface area contributed by atoms with Crippen LogP contribution < -0.4 is 5.56 Å². The Morgan fingerprint density at radius 1 is 1.31 bits per heavy atom. The van der Waals surface area contributed by atoms with Gasteiger partial charge in [-0.2, -0.15) is 0 Å². The first-order valence-corrected chi connectivity index (χ1v) is 5.17. The molecule has 0 amide bonds. The molecule has 1 N–H and O–H groups in total. The van der Waals surface area contributed by atoms with Crippen LogP contribution in [-0.2, 0) is 6.42 Å². The molecule has 0 spiro atoms. The van der Waals surface area contributed by atoms with Crippen LogP contribution in [0.3, 0.4) is 0 Å². The number of aromatic amines is 1. The smallest absolute Gasteiger partial charge is 0.251 e. The van der Waals surface area contributed by atoms with Gasteiger partial charge in [0, 0.05) is 24.2 Å². The molecule has 5 heteroatoms. The number of aromatic nitrogens is 4. The van der Waals surface area contributed by atoms with Crippen LogP contribution in [0.5, 0.6) is 0 Å². The number of nitrogens with one attached hydrogen (secondary N) is 1. The first kappa shape index (κ1) is 10.5. The zero-order chi connectivity index (χ0) is 11.4. The Hall–Kier alpha value is -2.04. The van der Waals surface area contributed by atoms with Gasteiger partial charge in [0.15, 0.2) is 11.6 Å². The SMILES string of the molecule is CCCc1cc(=O)[nH]c(-c2ncccn2)n1. The number of nitrogens with zero attached hydrogens (tertiary/aromatic N) is 3. The highest BCUT2D eigenvalue weighted by Gasteiger charge is 2.05. The first-order chi connectivity index (χ1) is 7.79. The van der Waals surface area contributed by atoms with Crippen molar-refractivity contribution in [2.24, 2.45) is 0 Å². The zero-order valence-electron chi connectivity index (χ0n) is 8.97. The van der Waals surface area contributed by atoms with Crippen molar-refractivity contribution in [1.29, 1.82) is 0 Å². The van der Waals surface area contributed by atoms with E-state index in [1.807, 2.05) is 6.92 Å². The number of H-pyrrole nitrogens is 1. The molecule has 2 rings (SSSR count). The fraction of sp³-hybridized carbons (Fsp3) is 0.273. The number of hydrogen-bond acceptors (Lipinski definition) is 4. The van der Waals surface area contributed by atoms with Gasteiger partial charge in [-0.15, -0.1) is 0 Å². The molecular formula is C11H12N4O. The van der Waals surface area contributed by atoms with E-state index in [2.05, 4.69) is 19.9 Å². The molecule has 0 bridgehead atoms. The molecule has 0 fully saturated rings. The Balaban J connectivity index is 2.45. The molecule has 0 aromatic carbocycles. The molecule has 82 valence electrons. The summed E-state index contributed by atoms with van der Waals surface area (Å²) in [5, 5.41) is 0. The highest BCUT2D eigenvalue weighted by Crippen LogP contribution is 2.06. The molecule has 2 aromatic rings. The summed E-state index contributed by atoms with van der Waals surface area (Å²) in [5.41, 5.74) is 0.606. The summed E-state index contributed by atoms with van der Waals surface area (Å²) in [7, 11) is 0. The van der Waals surface area contributed by atoms with E-state index < -0.39 is 0 Å². The van der Waals surface area contributed by atoms with Crippen LogP contribution in [-0.4, -0.2) is 19.9 Å². The maximum absolute atomic E-state index is 11.4. The highest BCUT2D eigenvalue weighted by molar-refractivity contribution is 5.41. The molecule has 0 aliphatic heterocycles. The average Bonchev–Trinajstić information content (AvgIpc) is 2.30. The third kappa shape index (κ3) is 2.31. The van der Waals surface area contributed by atoms with Gasteiger partial charge in [-0.1, -0.05) is 13.3 Å². The maximum atomic E-state index is 11.4. The Kier molecular flexibility index (Phi) is 3.05. The van der Waals surface area contributed by atoms with Crippen LogP contribution in [0.15, 0.2) is 29.3 Å². The van der Waals surface area contributed by atoms with E-state index in [0.717, 1.165) is 18.5 Å². The lowest BCUT2D eigenvalue weighted by molar-refractivity contribution is 0.865. The Morgan fingerprint density at radius 3 is 2.75 bits per heavy atom. The van der Waals surface area contributed by atoms with Crippen molar-refractivity contribution in [2.45, 2.75) is 19.8 Å². The molecule has 0 unspecified atom stereocenters. The summed E-state index contributed by atoms with van der Waals surface area (Å²) in [5.74, 6) is 0.870. The topological polar surface area (TPSA) is 71.5 Å². The molecule has 2 aromatic heterocycles. The van der Waals surface area contributed by atoms with Crippen molar-refractivity contribution >= 4 is 0 Å². The van der Waals surface area contributed by atoms with E-state index in [-0.39, 0.29) is 5.56 Å². The van der Waals surface area contributed by atoms with E-state index >= 15 is 0 Å². The minimum atomic E-state index is -0.166. The van der Waals surface area contributed by atoms with Gasteiger partial charge in [0.1, 0.15) is 0 Å². The lowest BCUT2D eigenvalue weighted by Gasteiger charge is -2.01. The van der Waals surface area contributed by atoms with Crippen LogP contribution >= 0.6 is 0 Å². The number of rotatable bonds is 3. The van der Waals surface area contributed by atoms with Gasteiger partial charge in [0.25, 0.3) is 5.56 Å². The van der Waals surface area contributed by atoms with Crippen LogP contribution in [0.4, 0.5) is 0 Å². The van der Waals surface area contributed by atoms with Gasteiger partial charge in [0.2, 0.25) is 0 Å². The van der Waals surface area contributed by atoms with E-state index in [9.17, 15) is 4.79 Å². The van der Waals surface area contributed by atoms with Crippen molar-refractivity contribution in [1.82, 2.24) is 19.9 Å². The number of hydrogen-bond donors (Lipinski definition) is 1. The van der Waals surface area contributed by atoms with Crippen molar-refractivity contribution in [3.05, 3.63) is 40.6 Å². The predicted molar refractivity (Wildman–Crippen MR) is 59.9 cm³/mol. The van der Waals surface area contributed by atoms with Crippen LogP contribution in [0.1, 0.15) is 19.0 Å². The summed E-state index contributed by atoms with van der Waals surface area (Å²) in [4.78, 5) is 26.4. The lowest BCUT2D eigenvalue weighted by Crippen LogP contribution is -2.11. The molecule has 0 saturated carbocycles. The second-order valence-electron chi connectivity index (χ2n) is 3.41. The van der Waals surface area contributed by atoms with Crippen molar-refractivity contribution in [2.75, 3.05) is 0 Å². The molecule has 0 aliphatic carbocycles. The third-order valence-electron chi connectivity index (χ3n) is 2.08. The highest BCUT2D eigenvalue weighted by atomic mass is 16.1. The van der Waals surface area contributed by atoms with Gasteiger partial charge in [0.05, 0.1) is 0 Å². The number of aryl methyl sites for hydroxylation is 1. The molecule has 16 heavy (non-hydrogen) atoms. The minimum Gasteiger partial charge on any atom is -0.304 e. The van der Waals surface area contributed by atoms with Gasteiger partial charge >= 0.3 is 0 Å². The standard InChI is InChI=1S/C11H12N4O/c1-2-4-8-7-9(16)15-11(14-8)10-12-5-3-6-13-10/h3,5-7H,2,4H2,1H3,(H,14,15,16). The second kappa shape index (κ2) is 4.65. The summed E-state index contributed by atoms with van der Waals surface area (Å²) < 4.78 is 0. The quantitative estimate of drug-likeness (QED) is 0.836.